The van der Waals surface area contributed by atoms with Crippen LogP contribution >= 0.6 is 0 Å². The second-order valence-corrected chi connectivity index (χ2v) is 1.96. The first-order chi connectivity index (χ1) is 4.74. The summed E-state index contributed by atoms with van der Waals surface area (Å²) in [6.45, 7) is 0. The predicted octanol–water partition coefficient (Wildman–Crippen LogP) is -0.178. The zero-order chi connectivity index (χ0) is 7.56. The van der Waals surface area contributed by atoms with Gasteiger partial charge in [0.15, 0.2) is 0 Å². The number of rotatable bonds is 1. The molecule has 54 valence electrons. The fraction of sp³-hybridized carbons (Fsp3) is 0.333. The van der Waals surface area contributed by atoms with E-state index in [0.29, 0.717) is 5.82 Å². The number of anilines is 1. The van der Waals surface area contributed by atoms with Gasteiger partial charge in [-0.2, -0.15) is 4.98 Å². The highest BCUT2D eigenvalue weighted by atomic mass is 16.1. The molecule has 0 saturated carbocycles. The van der Waals surface area contributed by atoms with Gasteiger partial charge >= 0.3 is 5.69 Å². The zero-order valence-electron chi connectivity index (χ0n) is 5.96. The van der Waals surface area contributed by atoms with Crippen molar-refractivity contribution in [3.05, 3.63) is 22.7 Å². The number of nitrogens with one attached hydrogen (secondary N) is 1. The van der Waals surface area contributed by atoms with E-state index in [0.717, 1.165) is 0 Å². The van der Waals surface area contributed by atoms with E-state index in [1.165, 1.54) is 4.57 Å². The van der Waals surface area contributed by atoms with Crippen molar-refractivity contribution in [3.63, 3.8) is 0 Å². The van der Waals surface area contributed by atoms with Crippen LogP contribution in [-0.4, -0.2) is 16.6 Å². The Labute approximate surface area is 58.5 Å². The third-order valence-electron chi connectivity index (χ3n) is 1.23. The third kappa shape index (κ3) is 1.15. The predicted molar refractivity (Wildman–Crippen MR) is 39.0 cm³/mol. The van der Waals surface area contributed by atoms with Crippen LogP contribution in [0.2, 0.25) is 0 Å². The topological polar surface area (TPSA) is 46.9 Å². The molecule has 0 aliphatic carbocycles. The van der Waals surface area contributed by atoms with Gasteiger partial charge in [-0.05, 0) is 6.07 Å². The SMILES string of the molecule is C[15NH]c1ccn(C)c(=O)n1. The summed E-state index contributed by atoms with van der Waals surface area (Å²) in [5, 5.41) is 2.77. The molecule has 0 aliphatic rings. The Kier molecular flexibility index (Phi) is 1.71. The highest BCUT2D eigenvalue weighted by Crippen LogP contribution is 1.92. The average Bonchev–Trinajstić information content (AvgIpc) is 1.95. The molecular weight excluding hydrogens is 131 g/mol. The van der Waals surface area contributed by atoms with Crippen LogP contribution in [0.1, 0.15) is 0 Å². The van der Waals surface area contributed by atoms with Gasteiger partial charge in [0.25, 0.3) is 0 Å². The molecule has 4 nitrogen and oxygen atoms in total. The van der Waals surface area contributed by atoms with E-state index < -0.39 is 0 Å². The monoisotopic (exact) mass is 140 g/mol. The Bertz CT molecular complexity index is 279. The van der Waals surface area contributed by atoms with Gasteiger partial charge in [-0.15, -0.1) is 0 Å². The summed E-state index contributed by atoms with van der Waals surface area (Å²) in [6.07, 6.45) is 1.67. The van der Waals surface area contributed by atoms with Crippen molar-refractivity contribution in [1.82, 2.24) is 9.55 Å². The molecule has 0 saturated heterocycles. The molecule has 10 heavy (non-hydrogen) atoms. The fourth-order valence-electron chi connectivity index (χ4n) is 0.605. The van der Waals surface area contributed by atoms with Crippen LogP contribution in [-0.2, 0) is 7.05 Å². The Morgan fingerprint density at radius 2 is 2.40 bits per heavy atom. The van der Waals surface area contributed by atoms with E-state index in [-0.39, 0.29) is 5.69 Å². The molecule has 0 radical (unpaired) electrons. The van der Waals surface area contributed by atoms with Gasteiger partial charge in [0.1, 0.15) is 5.82 Å². The lowest BCUT2D eigenvalue weighted by atomic mass is 10.6. The molecule has 1 aromatic rings. The molecule has 1 rings (SSSR count). The Morgan fingerprint density at radius 3 is 2.90 bits per heavy atom. The van der Waals surface area contributed by atoms with E-state index in [1.54, 1.807) is 26.4 Å². The number of aromatic nitrogens is 2. The fourth-order valence-corrected chi connectivity index (χ4v) is 0.605. The number of aryl methyl sites for hydroxylation is 1. The molecule has 1 aromatic heterocycles. The van der Waals surface area contributed by atoms with Crippen molar-refractivity contribution in [2.45, 2.75) is 0 Å². The average molecular weight is 140 g/mol. The number of nitrogens with zero attached hydrogens (tertiary/aromatic N) is 2. The van der Waals surface area contributed by atoms with E-state index in [2.05, 4.69) is 10.3 Å². The molecule has 1 heterocycles. The summed E-state index contributed by atoms with van der Waals surface area (Å²) >= 11 is 0. The maximum atomic E-state index is 10.8. The minimum Gasteiger partial charge on any atom is -0.373 e. The molecule has 0 bridgehead atoms. The maximum absolute atomic E-state index is 10.8. The van der Waals surface area contributed by atoms with Crippen LogP contribution in [0.4, 0.5) is 5.82 Å². The quantitative estimate of drug-likeness (QED) is 0.550. The van der Waals surface area contributed by atoms with Gasteiger partial charge in [-0.3, -0.25) is 0 Å². The molecule has 1 N–H and O–H groups in total. The lowest BCUT2D eigenvalue weighted by Crippen LogP contribution is -2.19. The Hall–Kier alpha value is -1.32. The molecule has 0 fully saturated rings. The van der Waals surface area contributed by atoms with Gasteiger partial charge in [0.2, 0.25) is 0 Å². The second kappa shape index (κ2) is 2.51. The van der Waals surface area contributed by atoms with Gasteiger partial charge in [0, 0.05) is 20.3 Å². The molecule has 0 spiro atoms. The number of hydrogen-bond acceptors (Lipinski definition) is 3. The van der Waals surface area contributed by atoms with Crippen molar-refractivity contribution in [2.24, 2.45) is 7.05 Å². The first-order valence-corrected chi connectivity index (χ1v) is 2.95. The Balaban J connectivity index is 3.17. The van der Waals surface area contributed by atoms with Crippen LogP contribution < -0.4 is 11.0 Å². The maximum Gasteiger partial charge on any atom is 0.349 e. The molecule has 4 heteroatoms. The van der Waals surface area contributed by atoms with E-state index in [9.17, 15) is 4.79 Å². The molecular formula is C6H9N3O. The van der Waals surface area contributed by atoms with Crippen LogP contribution in [0.3, 0.4) is 0 Å². The summed E-state index contributed by atoms with van der Waals surface area (Å²) in [5.41, 5.74) is -0.244. The van der Waals surface area contributed by atoms with Gasteiger partial charge in [0.05, 0.1) is 0 Å². The minimum atomic E-state index is -0.244. The lowest BCUT2D eigenvalue weighted by Gasteiger charge is -1.97. The van der Waals surface area contributed by atoms with Crippen molar-refractivity contribution in [2.75, 3.05) is 12.4 Å². The highest BCUT2D eigenvalue weighted by Gasteiger charge is 1.91. The third-order valence-corrected chi connectivity index (χ3v) is 1.23. The van der Waals surface area contributed by atoms with Crippen molar-refractivity contribution in [1.29, 1.82) is 0 Å². The van der Waals surface area contributed by atoms with E-state index in [1.807, 2.05) is 0 Å². The lowest BCUT2D eigenvalue weighted by molar-refractivity contribution is 0.812. The standard InChI is InChI=1S/C6H9N3O/c1-7-5-3-4-9(2)6(10)8-5/h3-4H,1-2H3,(H,7,8,10)/i7+1. The molecule has 0 unspecified atom stereocenters. The number of hydrogen-bond donors (Lipinski definition) is 1. The summed E-state index contributed by atoms with van der Waals surface area (Å²) in [4.78, 5) is 14.5. The Morgan fingerprint density at radius 1 is 1.70 bits per heavy atom. The molecule has 0 atom stereocenters. The first-order valence-electron chi connectivity index (χ1n) is 2.95. The van der Waals surface area contributed by atoms with E-state index in [4.69, 9.17) is 0 Å². The smallest absolute Gasteiger partial charge is 0.349 e. The zero-order valence-corrected chi connectivity index (χ0v) is 5.96. The van der Waals surface area contributed by atoms with Crippen LogP contribution in [0, 0.1) is 0 Å². The van der Waals surface area contributed by atoms with Crippen LogP contribution in [0.5, 0.6) is 0 Å². The molecule has 0 aromatic carbocycles. The van der Waals surface area contributed by atoms with Crippen LogP contribution in [0.25, 0.3) is 0 Å². The summed E-state index contributed by atoms with van der Waals surface area (Å²) < 4.78 is 1.42. The van der Waals surface area contributed by atoms with Crippen LogP contribution in [0.15, 0.2) is 17.1 Å². The van der Waals surface area contributed by atoms with Crippen molar-refractivity contribution in [3.8, 4) is 0 Å². The summed E-state index contributed by atoms with van der Waals surface area (Å²) in [6, 6.07) is 1.74. The summed E-state index contributed by atoms with van der Waals surface area (Å²) in [5.74, 6) is 0.600. The first kappa shape index (κ1) is 6.80. The van der Waals surface area contributed by atoms with Gasteiger partial charge in [-0.1, -0.05) is 0 Å². The molecule has 0 aliphatic heterocycles. The van der Waals surface area contributed by atoms with E-state index >= 15 is 0 Å². The second-order valence-electron chi connectivity index (χ2n) is 1.96. The van der Waals surface area contributed by atoms with Gasteiger partial charge < -0.3 is 9.88 Å². The molecule has 0 amide bonds. The van der Waals surface area contributed by atoms with Crippen molar-refractivity contribution < 1.29 is 0 Å². The highest BCUT2D eigenvalue weighted by molar-refractivity contribution is 5.30. The van der Waals surface area contributed by atoms with Crippen molar-refractivity contribution >= 4 is 5.82 Å². The minimum absolute atomic E-state index is 0.244. The largest absolute Gasteiger partial charge is 0.373 e. The van der Waals surface area contributed by atoms with Gasteiger partial charge in [-0.25, -0.2) is 4.79 Å². The normalized spacial score (nSPS) is 9.40. The summed E-state index contributed by atoms with van der Waals surface area (Å²) in [7, 11) is 3.39.